The molecule has 0 aromatic heterocycles. The summed E-state index contributed by atoms with van der Waals surface area (Å²) in [6.07, 6.45) is 1.67. The fraction of sp³-hybridized carbons (Fsp3) is 0.622. The van der Waals surface area contributed by atoms with E-state index in [-0.39, 0.29) is 56.2 Å². The molecule has 3 aliphatic rings. The van der Waals surface area contributed by atoms with E-state index in [4.69, 9.17) is 31.6 Å². The molecule has 0 bridgehead atoms. The number of likely N-dealkylation sites (tertiary alicyclic amines) is 2. The molecule has 3 N–H and O–H groups in total. The van der Waals surface area contributed by atoms with Crippen LogP contribution in [0.15, 0.2) is 81.1 Å². The summed E-state index contributed by atoms with van der Waals surface area (Å²) in [4.78, 5) is 38.5. The number of nitrogens with one attached hydrogen (secondary N) is 1. The molecular weight excluding hydrogens is 751 g/mol. The summed E-state index contributed by atoms with van der Waals surface area (Å²) in [5, 5.41) is 36.0. The molecule has 0 saturated carbocycles. The summed E-state index contributed by atoms with van der Waals surface area (Å²) in [6.45, 7) is 5.85. The number of hydrogen-bond donors (Lipinski definition) is 3. The topological polar surface area (TPSA) is 307 Å². The summed E-state index contributed by atoms with van der Waals surface area (Å²) in [5.41, 5.74) is 35.2. The van der Waals surface area contributed by atoms with Crippen LogP contribution < -0.4 is 5.32 Å². The third kappa shape index (κ3) is 17.9. The number of aliphatic hydroxyl groups is 2. The number of azide groups is 4. The van der Waals surface area contributed by atoms with Crippen molar-refractivity contribution in [3.05, 3.63) is 114 Å². The quantitative estimate of drug-likeness (QED) is 0.102. The molecule has 5 rings (SSSR count). The second kappa shape index (κ2) is 27.7. The van der Waals surface area contributed by atoms with Crippen LogP contribution in [-0.2, 0) is 22.7 Å². The van der Waals surface area contributed by atoms with Crippen LogP contribution >= 0.6 is 0 Å². The van der Waals surface area contributed by atoms with Crippen molar-refractivity contribution in [1.82, 2.24) is 15.1 Å². The Morgan fingerprint density at radius 3 is 1.26 bits per heavy atom. The van der Waals surface area contributed by atoms with Crippen molar-refractivity contribution in [2.75, 3.05) is 78.7 Å². The maximum absolute atomic E-state index is 12.3. The molecule has 3 saturated heterocycles. The molecule has 0 aliphatic carbocycles. The van der Waals surface area contributed by atoms with Crippen molar-refractivity contribution in [3.63, 3.8) is 0 Å². The molecule has 21 heteroatoms. The van der Waals surface area contributed by atoms with Crippen molar-refractivity contribution in [2.45, 2.75) is 32.5 Å². The van der Waals surface area contributed by atoms with Gasteiger partial charge in [-0.05, 0) is 89.3 Å². The van der Waals surface area contributed by atoms with Crippen molar-refractivity contribution in [3.8, 4) is 0 Å². The highest BCUT2D eigenvalue weighted by Crippen LogP contribution is 2.25. The number of amides is 2. The lowest BCUT2D eigenvalue weighted by Crippen LogP contribution is -2.46. The number of ether oxygens (including phenoxy) is 2. The van der Waals surface area contributed by atoms with Crippen LogP contribution in [0, 0.1) is 35.5 Å². The number of carbonyl (C=O) groups excluding carboxylic acids is 2. The molecule has 21 nitrogen and oxygen atoms in total. The van der Waals surface area contributed by atoms with Gasteiger partial charge in [0.15, 0.2) is 0 Å². The zero-order valence-corrected chi connectivity index (χ0v) is 32.5. The number of rotatable bonds is 14. The van der Waals surface area contributed by atoms with E-state index in [1.807, 2.05) is 60.7 Å². The van der Waals surface area contributed by atoms with Crippen LogP contribution in [0.25, 0.3) is 41.8 Å². The van der Waals surface area contributed by atoms with Crippen LogP contribution in [-0.4, -0.2) is 111 Å². The van der Waals surface area contributed by atoms with E-state index in [1.54, 1.807) is 9.80 Å². The first-order valence-corrected chi connectivity index (χ1v) is 19.2. The average molecular weight is 804 g/mol. The molecule has 3 fully saturated rings. The summed E-state index contributed by atoms with van der Waals surface area (Å²) >= 11 is 0. The largest absolute Gasteiger partial charge is 0.445 e. The van der Waals surface area contributed by atoms with Crippen LogP contribution in [0.1, 0.15) is 30.4 Å². The Hall–Kier alpha value is -5.90. The zero-order chi connectivity index (χ0) is 41.8. The van der Waals surface area contributed by atoms with Gasteiger partial charge in [0, 0.05) is 97.1 Å². The molecule has 0 radical (unpaired) electrons. The third-order valence-electron chi connectivity index (χ3n) is 9.84. The Bertz CT molecular complexity index is 1650. The second-order valence-electron chi connectivity index (χ2n) is 14.5. The van der Waals surface area contributed by atoms with Gasteiger partial charge in [-0.1, -0.05) is 81.1 Å². The summed E-state index contributed by atoms with van der Waals surface area (Å²) in [7, 11) is 0. The highest BCUT2D eigenvalue weighted by molar-refractivity contribution is 5.68. The highest BCUT2D eigenvalue weighted by atomic mass is 16.6. The van der Waals surface area contributed by atoms with E-state index >= 15 is 0 Å². The molecule has 3 aliphatic heterocycles. The number of aliphatic hydroxyl groups excluding tert-OH is 2. The lowest BCUT2D eigenvalue weighted by atomic mass is 9.89. The Balaban J connectivity index is 0.000000241. The highest BCUT2D eigenvalue weighted by Gasteiger charge is 2.31. The van der Waals surface area contributed by atoms with Crippen LogP contribution in [0.2, 0.25) is 0 Å². The molecule has 2 aromatic rings. The first-order valence-electron chi connectivity index (χ1n) is 19.2. The van der Waals surface area contributed by atoms with E-state index in [0.29, 0.717) is 64.2 Å². The Labute approximate surface area is 336 Å². The van der Waals surface area contributed by atoms with Crippen molar-refractivity contribution < 1.29 is 29.3 Å². The Kier molecular flexibility index (Phi) is 22.2. The van der Waals surface area contributed by atoms with Gasteiger partial charge in [-0.25, -0.2) is 9.59 Å². The molecule has 2 aromatic carbocycles. The van der Waals surface area contributed by atoms with Crippen LogP contribution in [0.5, 0.6) is 0 Å². The smallest absolute Gasteiger partial charge is 0.410 e. The Morgan fingerprint density at radius 1 is 0.569 bits per heavy atom. The van der Waals surface area contributed by atoms with Gasteiger partial charge in [-0.2, -0.15) is 0 Å². The van der Waals surface area contributed by atoms with Crippen molar-refractivity contribution in [1.29, 1.82) is 0 Å². The lowest BCUT2D eigenvalue weighted by molar-refractivity contribution is 0.0381. The first-order chi connectivity index (χ1) is 28.3. The minimum atomic E-state index is -0.407. The molecule has 6 atom stereocenters. The van der Waals surface area contributed by atoms with Gasteiger partial charge in [-0.3, -0.25) is 0 Å². The monoisotopic (exact) mass is 803 g/mol. The van der Waals surface area contributed by atoms with Gasteiger partial charge in [0.25, 0.3) is 0 Å². The molecule has 0 unspecified atom stereocenters. The predicted octanol–water partition coefficient (Wildman–Crippen LogP) is 6.96. The Morgan fingerprint density at radius 2 is 0.897 bits per heavy atom. The SMILES string of the molecule is O=C(OCc1ccccc1)N1C[C@H](CO)C[C@H](CO)C1.[N-]=[N+]=NC[C@@H]1CNC[C@H](CN=[N+]=[N-])C1.[N-]=[N+]=NC[C@@H]1C[C@H](CN=[N+]=[N-])CN(C(=O)OCc2ccccc2)C1. The zero-order valence-electron chi connectivity index (χ0n) is 32.5. The number of benzene rings is 2. The molecule has 2 amide bonds. The third-order valence-corrected chi connectivity index (χ3v) is 9.84. The van der Waals surface area contributed by atoms with Crippen LogP contribution in [0.3, 0.4) is 0 Å². The predicted molar refractivity (Wildman–Crippen MR) is 214 cm³/mol. The van der Waals surface area contributed by atoms with Gasteiger partial charge in [-0.15, -0.1) is 0 Å². The minimum absolute atomic E-state index is 0.0187. The number of piperidine rings is 3. The van der Waals surface area contributed by atoms with Crippen molar-refractivity contribution >= 4 is 12.2 Å². The van der Waals surface area contributed by atoms with Crippen LogP contribution in [0.4, 0.5) is 9.59 Å². The summed E-state index contributed by atoms with van der Waals surface area (Å²) < 4.78 is 10.6. The number of nitrogens with zero attached hydrogens (tertiary/aromatic N) is 14. The maximum atomic E-state index is 12.3. The summed E-state index contributed by atoms with van der Waals surface area (Å²) in [5.74, 6) is 0.864. The van der Waals surface area contributed by atoms with Gasteiger partial charge in [0.05, 0.1) is 0 Å². The van der Waals surface area contributed by atoms with E-state index in [1.165, 1.54) is 0 Å². The lowest BCUT2D eigenvalue weighted by Gasteiger charge is -2.36. The molecule has 312 valence electrons. The van der Waals surface area contributed by atoms with E-state index in [0.717, 1.165) is 43.5 Å². The summed E-state index contributed by atoms with van der Waals surface area (Å²) in [6, 6.07) is 18.9. The number of carbonyl (C=O) groups is 2. The van der Waals surface area contributed by atoms with Gasteiger partial charge >= 0.3 is 12.2 Å². The van der Waals surface area contributed by atoms with Gasteiger partial charge in [0.1, 0.15) is 13.2 Å². The fourth-order valence-corrected chi connectivity index (χ4v) is 7.10. The second-order valence-corrected chi connectivity index (χ2v) is 14.5. The normalized spacial score (nSPS) is 22.2. The minimum Gasteiger partial charge on any atom is -0.445 e. The molecule has 58 heavy (non-hydrogen) atoms. The van der Waals surface area contributed by atoms with Gasteiger partial charge in [0.2, 0.25) is 0 Å². The standard InChI is InChI=1S/C15H19N7O2.C15H21NO4.C7H13N7/c16-20-18-7-13-6-14(8-19-21-17)10-22(9-13)15(23)24-11-12-4-2-1-3-5-12;17-9-13-6-14(10-18)8-16(7-13)15(19)20-11-12-4-2-1-3-5-12;8-13-11-4-6-1-7(3-10-2-6)5-12-14-9/h1-5,13-14H,6-11H2;1-5,13-14,17-18H,6-11H2;6-7,10H,1-5H2/t2*13-,14+;6-,7+. The van der Waals surface area contributed by atoms with Crippen molar-refractivity contribution in [2.24, 2.45) is 56.0 Å². The average Bonchev–Trinajstić information content (AvgIpc) is 3.28. The maximum Gasteiger partial charge on any atom is 0.410 e. The van der Waals surface area contributed by atoms with Gasteiger partial charge < -0.3 is 34.8 Å². The van der Waals surface area contributed by atoms with E-state index in [9.17, 15) is 19.8 Å². The molecule has 3 heterocycles. The molecule has 0 spiro atoms. The molecular formula is C37H53N15O6. The van der Waals surface area contributed by atoms with E-state index < -0.39 is 6.09 Å². The first kappa shape index (κ1) is 46.5. The van der Waals surface area contributed by atoms with E-state index in [2.05, 4.69) is 45.4 Å². The number of hydrogen-bond acceptors (Lipinski definition) is 11. The fourth-order valence-electron chi connectivity index (χ4n) is 7.10.